The number of anilines is 1. The van der Waals surface area contributed by atoms with Crippen molar-refractivity contribution in [2.24, 2.45) is 11.3 Å². The van der Waals surface area contributed by atoms with Gasteiger partial charge in [-0.3, -0.25) is 4.79 Å². The van der Waals surface area contributed by atoms with Crippen LogP contribution in [0.15, 0.2) is 18.2 Å². The molecule has 0 unspecified atom stereocenters. The number of ether oxygens (including phenoxy) is 2. The van der Waals surface area contributed by atoms with Crippen molar-refractivity contribution in [2.45, 2.75) is 19.3 Å². The molecule has 7 nitrogen and oxygen atoms in total. The molecule has 0 bridgehead atoms. The standard InChI is InChI=1S/C17H22N2O5/c1-23-12-5-6-13(14(8-12)24-2)18-16(22)19-9-11-4-3-7-17(11,10-19)15(20)21/h5-6,8,11H,3-4,7,9-10H2,1-2H3,(H,18,22)(H,20,21)/t11-,17+/m0/s1. The fourth-order valence-electron chi connectivity index (χ4n) is 3.89. The SMILES string of the molecule is COc1ccc(NC(=O)N2C[C@@H]3CCC[C@@]3(C(=O)O)C2)c(OC)c1. The van der Waals surface area contributed by atoms with Gasteiger partial charge >= 0.3 is 12.0 Å². The topological polar surface area (TPSA) is 88.1 Å². The number of amides is 2. The van der Waals surface area contributed by atoms with Crippen molar-refractivity contribution in [3.63, 3.8) is 0 Å². The maximum absolute atomic E-state index is 12.6. The number of hydrogen-bond acceptors (Lipinski definition) is 4. The predicted octanol–water partition coefficient (Wildman–Crippen LogP) is 2.42. The molecule has 24 heavy (non-hydrogen) atoms. The molecule has 2 N–H and O–H groups in total. The third kappa shape index (κ3) is 2.64. The third-order valence-corrected chi connectivity index (χ3v) is 5.23. The van der Waals surface area contributed by atoms with Gasteiger partial charge in [-0.15, -0.1) is 0 Å². The van der Waals surface area contributed by atoms with Crippen LogP contribution in [0.2, 0.25) is 0 Å². The van der Waals surface area contributed by atoms with Gasteiger partial charge in [0.15, 0.2) is 0 Å². The van der Waals surface area contributed by atoms with E-state index in [0.717, 1.165) is 12.8 Å². The zero-order valence-electron chi connectivity index (χ0n) is 13.9. The van der Waals surface area contributed by atoms with Crippen LogP contribution in [0.1, 0.15) is 19.3 Å². The molecule has 7 heteroatoms. The minimum Gasteiger partial charge on any atom is -0.497 e. The van der Waals surface area contributed by atoms with Crippen molar-refractivity contribution in [1.82, 2.24) is 4.90 Å². The van der Waals surface area contributed by atoms with Crippen molar-refractivity contribution in [3.05, 3.63) is 18.2 Å². The van der Waals surface area contributed by atoms with Gasteiger partial charge in [-0.25, -0.2) is 4.79 Å². The van der Waals surface area contributed by atoms with E-state index < -0.39 is 11.4 Å². The molecule has 1 aromatic carbocycles. The Morgan fingerprint density at radius 3 is 2.75 bits per heavy atom. The summed E-state index contributed by atoms with van der Waals surface area (Å²) in [5.41, 5.74) is -0.244. The summed E-state index contributed by atoms with van der Waals surface area (Å²) in [5.74, 6) is 0.376. The average molecular weight is 334 g/mol. The number of urea groups is 1. The number of carboxylic acid groups (broad SMARTS) is 1. The Morgan fingerprint density at radius 2 is 2.12 bits per heavy atom. The number of carbonyl (C=O) groups is 2. The number of hydrogen-bond donors (Lipinski definition) is 2. The van der Waals surface area contributed by atoms with Gasteiger partial charge in [0, 0.05) is 19.2 Å². The summed E-state index contributed by atoms with van der Waals surface area (Å²) >= 11 is 0. The van der Waals surface area contributed by atoms with Crippen LogP contribution in [0.3, 0.4) is 0 Å². The number of rotatable bonds is 4. The Hall–Kier alpha value is -2.44. The first kappa shape index (κ1) is 16.4. The highest BCUT2D eigenvalue weighted by Crippen LogP contribution is 2.49. The molecule has 1 saturated carbocycles. The Morgan fingerprint density at radius 1 is 1.33 bits per heavy atom. The number of likely N-dealkylation sites (tertiary alicyclic amines) is 1. The molecule has 0 spiro atoms. The zero-order valence-corrected chi connectivity index (χ0v) is 13.9. The monoisotopic (exact) mass is 334 g/mol. The van der Waals surface area contributed by atoms with E-state index in [9.17, 15) is 14.7 Å². The molecule has 2 amide bonds. The van der Waals surface area contributed by atoms with E-state index in [1.807, 2.05) is 0 Å². The second-order valence-corrected chi connectivity index (χ2v) is 6.43. The highest BCUT2D eigenvalue weighted by atomic mass is 16.5. The fourth-order valence-corrected chi connectivity index (χ4v) is 3.89. The second kappa shape index (κ2) is 6.22. The Labute approximate surface area is 140 Å². The first-order valence-electron chi connectivity index (χ1n) is 8.01. The second-order valence-electron chi connectivity index (χ2n) is 6.43. The number of nitrogens with zero attached hydrogens (tertiary/aromatic N) is 1. The van der Waals surface area contributed by atoms with Crippen molar-refractivity contribution < 1.29 is 24.2 Å². The average Bonchev–Trinajstić information content (AvgIpc) is 3.13. The number of methoxy groups -OCH3 is 2. The Kier molecular flexibility index (Phi) is 4.26. The van der Waals surface area contributed by atoms with Crippen LogP contribution >= 0.6 is 0 Å². The predicted molar refractivity (Wildman–Crippen MR) is 87.5 cm³/mol. The number of benzene rings is 1. The van der Waals surface area contributed by atoms with Crippen LogP contribution in [0.5, 0.6) is 11.5 Å². The lowest BCUT2D eigenvalue weighted by Crippen LogP contribution is -2.38. The van der Waals surface area contributed by atoms with Crippen LogP contribution in [-0.4, -0.2) is 49.3 Å². The Bertz CT molecular complexity index is 662. The van der Waals surface area contributed by atoms with E-state index in [1.165, 1.54) is 7.11 Å². The normalized spacial score (nSPS) is 25.2. The van der Waals surface area contributed by atoms with Crippen molar-refractivity contribution in [3.8, 4) is 11.5 Å². The van der Waals surface area contributed by atoms with E-state index >= 15 is 0 Å². The lowest BCUT2D eigenvalue weighted by Gasteiger charge is -2.23. The highest BCUT2D eigenvalue weighted by molar-refractivity contribution is 5.92. The molecule has 1 aliphatic heterocycles. The smallest absolute Gasteiger partial charge is 0.321 e. The van der Waals surface area contributed by atoms with Crippen LogP contribution < -0.4 is 14.8 Å². The molecular weight excluding hydrogens is 312 g/mol. The summed E-state index contributed by atoms with van der Waals surface area (Å²) < 4.78 is 10.4. The molecule has 1 saturated heterocycles. The molecule has 1 heterocycles. The van der Waals surface area contributed by atoms with Crippen LogP contribution in [0.25, 0.3) is 0 Å². The number of carboxylic acids is 1. The molecule has 1 aliphatic carbocycles. The largest absolute Gasteiger partial charge is 0.497 e. The molecular formula is C17H22N2O5. The number of nitrogens with one attached hydrogen (secondary N) is 1. The summed E-state index contributed by atoms with van der Waals surface area (Å²) in [7, 11) is 3.07. The summed E-state index contributed by atoms with van der Waals surface area (Å²) in [4.78, 5) is 25.9. The molecule has 2 atom stereocenters. The van der Waals surface area contributed by atoms with Gasteiger partial charge in [-0.05, 0) is 30.9 Å². The van der Waals surface area contributed by atoms with Crippen molar-refractivity contribution in [2.75, 3.05) is 32.6 Å². The quantitative estimate of drug-likeness (QED) is 0.883. The summed E-state index contributed by atoms with van der Waals surface area (Å²) in [6.07, 6.45) is 2.42. The summed E-state index contributed by atoms with van der Waals surface area (Å²) in [5, 5.41) is 12.4. The number of fused-ring (bicyclic) bond motifs is 1. The maximum Gasteiger partial charge on any atom is 0.321 e. The first-order valence-corrected chi connectivity index (χ1v) is 8.01. The molecule has 3 rings (SSSR count). The Balaban J connectivity index is 1.74. The summed E-state index contributed by atoms with van der Waals surface area (Å²) in [6, 6.07) is 4.83. The van der Waals surface area contributed by atoms with E-state index in [0.29, 0.717) is 30.2 Å². The molecule has 2 aliphatic rings. The van der Waals surface area contributed by atoms with Gasteiger partial charge < -0.3 is 24.8 Å². The highest BCUT2D eigenvalue weighted by Gasteiger charge is 2.55. The van der Waals surface area contributed by atoms with Crippen LogP contribution in [0, 0.1) is 11.3 Å². The fraction of sp³-hybridized carbons (Fsp3) is 0.529. The van der Waals surface area contributed by atoms with E-state index in [4.69, 9.17) is 9.47 Å². The van der Waals surface area contributed by atoms with E-state index in [1.54, 1.807) is 30.2 Å². The van der Waals surface area contributed by atoms with E-state index in [2.05, 4.69) is 5.32 Å². The third-order valence-electron chi connectivity index (χ3n) is 5.23. The van der Waals surface area contributed by atoms with Gasteiger partial charge in [-0.1, -0.05) is 6.42 Å². The molecule has 2 fully saturated rings. The maximum atomic E-state index is 12.6. The lowest BCUT2D eigenvalue weighted by molar-refractivity contribution is -0.149. The van der Waals surface area contributed by atoms with E-state index in [-0.39, 0.29) is 18.5 Å². The number of aliphatic carboxylic acids is 1. The molecule has 0 aromatic heterocycles. The molecule has 1 aromatic rings. The van der Waals surface area contributed by atoms with Gasteiger partial charge in [-0.2, -0.15) is 0 Å². The van der Waals surface area contributed by atoms with Gasteiger partial charge in [0.1, 0.15) is 11.5 Å². The van der Waals surface area contributed by atoms with Gasteiger partial charge in [0.05, 0.1) is 25.3 Å². The molecule has 0 radical (unpaired) electrons. The minimum absolute atomic E-state index is 0.0403. The first-order chi connectivity index (χ1) is 11.5. The molecule has 130 valence electrons. The van der Waals surface area contributed by atoms with Crippen molar-refractivity contribution >= 4 is 17.7 Å². The van der Waals surface area contributed by atoms with Crippen LogP contribution in [0.4, 0.5) is 10.5 Å². The van der Waals surface area contributed by atoms with Gasteiger partial charge in [0.2, 0.25) is 0 Å². The summed E-state index contributed by atoms with van der Waals surface area (Å²) in [6.45, 7) is 0.744. The minimum atomic E-state index is -0.790. The van der Waals surface area contributed by atoms with Crippen molar-refractivity contribution in [1.29, 1.82) is 0 Å². The lowest BCUT2D eigenvalue weighted by atomic mass is 9.81. The number of carbonyl (C=O) groups excluding carboxylic acids is 1. The van der Waals surface area contributed by atoms with Gasteiger partial charge in [0.25, 0.3) is 0 Å². The zero-order chi connectivity index (χ0) is 17.3. The van der Waals surface area contributed by atoms with Crippen LogP contribution in [-0.2, 0) is 4.79 Å².